The molecule has 3 aromatic heterocycles. The van der Waals surface area contributed by atoms with E-state index in [4.69, 9.17) is 9.15 Å². The van der Waals surface area contributed by atoms with E-state index in [1.165, 1.54) is 6.26 Å². The zero-order chi connectivity index (χ0) is 20.1. The Morgan fingerprint density at radius 3 is 2.66 bits per heavy atom. The summed E-state index contributed by atoms with van der Waals surface area (Å²) >= 11 is 0. The standard InChI is InChI=1S/C22H17N3O4/c26-21(24-13-15-6-5-11-28-15)14-29-22(27)17-12-20(19-9-3-4-10-23-19)25-18-8-2-1-7-16(17)18/h1-12H,13-14H2,(H,24,26). The number of benzene rings is 1. The van der Waals surface area contributed by atoms with E-state index in [-0.39, 0.29) is 6.54 Å². The van der Waals surface area contributed by atoms with Gasteiger partial charge in [-0.1, -0.05) is 24.3 Å². The summed E-state index contributed by atoms with van der Waals surface area (Å²) < 4.78 is 10.4. The zero-order valence-corrected chi connectivity index (χ0v) is 15.4. The van der Waals surface area contributed by atoms with Crippen molar-refractivity contribution in [2.45, 2.75) is 6.54 Å². The predicted octanol–water partition coefficient (Wildman–Crippen LogP) is 3.36. The average molecular weight is 387 g/mol. The van der Waals surface area contributed by atoms with Crippen molar-refractivity contribution in [2.24, 2.45) is 0 Å². The number of esters is 1. The number of rotatable bonds is 6. The summed E-state index contributed by atoms with van der Waals surface area (Å²) in [4.78, 5) is 33.6. The summed E-state index contributed by atoms with van der Waals surface area (Å²) in [5.74, 6) is -0.406. The molecular weight excluding hydrogens is 370 g/mol. The van der Waals surface area contributed by atoms with Crippen LogP contribution in [0.2, 0.25) is 0 Å². The second-order valence-electron chi connectivity index (χ2n) is 6.22. The molecule has 0 aliphatic carbocycles. The van der Waals surface area contributed by atoms with Gasteiger partial charge in [-0.15, -0.1) is 0 Å². The number of para-hydroxylation sites is 1. The molecule has 144 valence electrons. The summed E-state index contributed by atoms with van der Waals surface area (Å²) in [5, 5.41) is 3.28. The molecule has 1 aromatic carbocycles. The first-order valence-corrected chi connectivity index (χ1v) is 8.98. The van der Waals surface area contributed by atoms with Gasteiger partial charge in [0.1, 0.15) is 5.76 Å². The van der Waals surface area contributed by atoms with Crippen LogP contribution in [0.1, 0.15) is 16.1 Å². The minimum Gasteiger partial charge on any atom is -0.467 e. The van der Waals surface area contributed by atoms with Crippen LogP contribution in [0.3, 0.4) is 0 Å². The number of hydrogen-bond donors (Lipinski definition) is 1. The first kappa shape index (κ1) is 18.4. The van der Waals surface area contributed by atoms with E-state index in [0.717, 1.165) is 0 Å². The quantitative estimate of drug-likeness (QED) is 0.510. The van der Waals surface area contributed by atoms with E-state index in [0.29, 0.717) is 33.6 Å². The molecule has 0 unspecified atom stereocenters. The third-order valence-corrected chi connectivity index (χ3v) is 4.24. The summed E-state index contributed by atoms with van der Waals surface area (Å²) in [5.41, 5.74) is 2.17. The van der Waals surface area contributed by atoms with E-state index in [1.54, 1.807) is 36.5 Å². The molecule has 0 fully saturated rings. The van der Waals surface area contributed by atoms with Gasteiger partial charge in [-0.05, 0) is 36.4 Å². The molecule has 0 saturated heterocycles. The van der Waals surface area contributed by atoms with Gasteiger partial charge in [0.2, 0.25) is 0 Å². The van der Waals surface area contributed by atoms with Crippen molar-refractivity contribution in [3.8, 4) is 11.4 Å². The van der Waals surface area contributed by atoms with Crippen molar-refractivity contribution >= 4 is 22.8 Å². The Morgan fingerprint density at radius 2 is 1.86 bits per heavy atom. The van der Waals surface area contributed by atoms with Gasteiger partial charge in [-0.2, -0.15) is 0 Å². The SMILES string of the molecule is O=C(COC(=O)c1cc(-c2ccccn2)nc2ccccc12)NCc1ccco1. The molecule has 0 spiro atoms. The molecule has 0 bridgehead atoms. The van der Waals surface area contributed by atoms with Crippen LogP contribution in [0.4, 0.5) is 0 Å². The Balaban J connectivity index is 1.52. The number of carbonyl (C=O) groups excluding carboxylic acids is 2. The van der Waals surface area contributed by atoms with Crippen LogP contribution in [-0.2, 0) is 16.1 Å². The number of pyridine rings is 2. The minimum absolute atomic E-state index is 0.228. The van der Waals surface area contributed by atoms with Crippen molar-refractivity contribution in [3.05, 3.63) is 84.4 Å². The second kappa shape index (κ2) is 8.35. The van der Waals surface area contributed by atoms with Crippen molar-refractivity contribution in [1.29, 1.82) is 0 Å². The fraction of sp³-hybridized carbons (Fsp3) is 0.0909. The Kier molecular flexibility index (Phi) is 5.29. The number of fused-ring (bicyclic) bond motifs is 1. The fourth-order valence-corrected chi connectivity index (χ4v) is 2.85. The van der Waals surface area contributed by atoms with Gasteiger partial charge >= 0.3 is 5.97 Å². The summed E-state index contributed by atoms with van der Waals surface area (Å²) in [6.45, 7) is -0.166. The average Bonchev–Trinajstić information content (AvgIpc) is 3.29. The first-order valence-electron chi connectivity index (χ1n) is 8.98. The fourth-order valence-electron chi connectivity index (χ4n) is 2.85. The van der Waals surface area contributed by atoms with E-state index in [2.05, 4.69) is 15.3 Å². The molecule has 3 heterocycles. The lowest BCUT2D eigenvalue weighted by Crippen LogP contribution is -2.28. The van der Waals surface area contributed by atoms with Crippen LogP contribution in [0.15, 0.2) is 77.5 Å². The van der Waals surface area contributed by atoms with Crippen LogP contribution in [-0.4, -0.2) is 28.5 Å². The van der Waals surface area contributed by atoms with Crippen LogP contribution in [0.25, 0.3) is 22.3 Å². The smallest absolute Gasteiger partial charge is 0.339 e. The van der Waals surface area contributed by atoms with Crippen molar-refractivity contribution < 1.29 is 18.7 Å². The number of aromatic nitrogens is 2. The lowest BCUT2D eigenvalue weighted by Gasteiger charge is -2.10. The molecule has 7 heteroatoms. The van der Waals surface area contributed by atoms with E-state index < -0.39 is 18.5 Å². The largest absolute Gasteiger partial charge is 0.467 e. The maximum Gasteiger partial charge on any atom is 0.339 e. The maximum absolute atomic E-state index is 12.7. The summed E-state index contributed by atoms with van der Waals surface area (Å²) in [6, 6.07) is 17.8. The van der Waals surface area contributed by atoms with Crippen molar-refractivity contribution in [2.75, 3.05) is 6.61 Å². The van der Waals surface area contributed by atoms with Crippen LogP contribution in [0.5, 0.6) is 0 Å². The molecule has 29 heavy (non-hydrogen) atoms. The first-order chi connectivity index (χ1) is 14.2. The number of hydrogen-bond acceptors (Lipinski definition) is 6. The van der Waals surface area contributed by atoms with Crippen LogP contribution < -0.4 is 5.32 Å². The topological polar surface area (TPSA) is 94.3 Å². The third-order valence-electron chi connectivity index (χ3n) is 4.24. The maximum atomic E-state index is 12.7. The van der Waals surface area contributed by atoms with E-state index in [9.17, 15) is 9.59 Å². The molecule has 1 N–H and O–H groups in total. The Labute approximate surface area is 166 Å². The van der Waals surface area contributed by atoms with Crippen molar-refractivity contribution in [3.63, 3.8) is 0 Å². The predicted molar refractivity (Wildman–Crippen MR) is 106 cm³/mol. The number of nitrogens with zero attached hydrogens (tertiary/aromatic N) is 2. The lowest BCUT2D eigenvalue weighted by atomic mass is 10.1. The molecule has 0 saturated carbocycles. The highest BCUT2D eigenvalue weighted by Gasteiger charge is 2.17. The van der Waals surface area contributed by atoms with E-state index in [1.807, 2.05) is 30.3 Å². The van der Waals surface area contributed by atoms with Gasteiger partial charge in [0.05, 0.1) is 35.3 Å². The minimum atomic E-state index is -0.603. The molecule has 4 rings (SSSR count). The number of furan rings is 1. The van der Waals surface area contributed by atoms with Crippen molar-refractivity contribution in [1.82, 2.24) is 15.3 Å². The molecule has 0 radical (unpaired) electrons. The molecule has 4 aromatic rings. The molecule has 0 atom stereocenters. The lowest BCUT2D eigenvalue weighted by molar-refractivity contribution is -0.124. The molecule has 1 amide bonds. The molecule has 0 aliphatic rings. The number of carbonyl (C=O) groups is 2. The summed E-state index contributed by atoms with van der Waals surface area (Å²) in [7, 11) is 0. The highest BCUT2D eigenvalue weighted by atomic mass is 16.5. The third kappa shape index (κ3) is 4.30. The number of amides is 1. The highest BCUT2D eigenvalue weighted by molar-refractivity contribution is 6.05. The second-order valence-corrected chi connectivity index (χ2v) is 6.22. The zero-order valence-electron chi connectivity index (χ0n) is 15.4. The molecule has 0 aliphatic heterocycles. The summed E-state index contributed by atoms with van der Waals surface area (Å²) in [6.07, 6.45) is 3.18. The molecule has 7 nitrogen and oxygen atoms in total. The van der Waals surface area contributed by atoms with Crippen LogP contribution in [0, 0.1) is 0 Å². The van der Waals surface area contributed by atoms with Crippen LogP contribution >= 0.6 is 0 Å². The Morgan fingerprint density at radius 1 is 1.00 bits per heavy atom. The normalized spacial score (nSPS) is 10.6. The van der Waals surface area contributed by atoms with E-state index >= 15 is 0 Å². The van der Waals surface area contributed by atoms with Gasteiger partial charge in [0.15, 0.2) is 6.61 Å². The monoisotopic (exact) mass is 387 g/mol. The van der Waals surface area contributed by atoms with Gasteiger partial charge in [0, 0.05) is 11.6 Å². The number of ether oxygens (including phenoxy) is 1. The van der Waals surface area contributed by atoms with Gasteiger partial charge in [-0.25, -0.2) is 9.78 Å². The Bertz CT molecular complexity index is 1140. The highest BCUT2D eigenvalue weighted by Crippen LogP contribution is 2.24. The van der Waals surface area contributed by atoms with Gasteiger partial charge in [-0.3, -0.25) is 9.78 Å². The number of nitrogens with one attached hydrogen (secondary N) is 1. The van der Waals surface area contributed by atoms with Gasteiger partial charge < -0.3 is 14.5 Å². The Hall–Kier alpha value is -4.00. The van der Waals surface area contributed by atoms with Gasteiger partial charge in [0.25, 0.3) is 5.91 Å². The molecular formula is C22H17N3O4.